The van der Waals surface area contributed by atoms with Crippen LogP contribution in [0.15, 0.2) is 78.4 Å². The van der Waals surface area contributed by atoms with E-state index in [0.29, 0.717) is 12.1 Å². The molecule has 4 fully saturated rings. The number of nitrogen functional groups attached to an aromatic ring is 2. The van der Waals surface area contributed by atoms with E-state index < -0.39 is 154 Å². The summed E-state index contributed by atoms with van der Waals surface area (Å²) in [7, 11) is -8.16. The number of esters is 3. The van der Waals surface area contributed by atoms with Crippen LogP contribution in [0.1, 0.15) is 110 Å². The van der Waals surface area contributed by atoms with Gasteiger partial charge in [-0.1, -0.05) is 59.9 Å². The molecule has 9 rings (SSSR count). The number of hydrogen-bond acceptors (Lipinski definition) is 27. The summed E-state index contributed by atoms with van der Waals surface area (Å²) in [6.45, 7) is 23.0. The number of amides is 1. The number of ether oxygens (including phenoxy) is 7. The number of nitrogens with one attached hydrogen (secondary N) is 2. The Balaban J connectivity index is 0.000000224. The maximum Gasteiger partial charge on any atom is 0.475 e. The number of fused-ring (bicyclic) bond motifs is 2. The zero-order valence-corrected chi connectivity index (χ0v) is 55.2. The number of imidazole rings is 1. The van der Waals surface area contributed by atoms with Crippen LogP contribution in [-0.2, 0) is 74.8 Å². The van der Waals surface area contributed by atoms with Gasteiger partial charge in [-0.3, -0.25) is 46.4 Å². The van der Waals surface area contributed by atoms with E-state index in [-0.39, 0.29) is 55.5 Å². The number of hydrogen-bond donors (Lipinski definition) is 5. The molecule has 94 heavy (non-hydrogen) atoms. The highest BCUT2D eigenvalue weighted by molar-refractivity contribution is 7.52. The van der Waals surface area contributed by atoms with Crippen LogP contribution in [-0.4, -0.2) is 167 Å². The zero-order valence-electron chi connectivity index (χ0n) is 53.4. The normalized spacial score (nSPS) is 29.7. The molecule has 4 saturated heterocycles. The second-order valence-corrected chi connectivity index (χ2v) is 26.8. The average Bonchev–Trinajstić information content (AvgIpc) is 1.59. The van der Waals surface area contributed by atoms with Gasteiger partial charge < -0.3 is 64.5 Å². The fourth-order valence-corrected chi connectivity index (χ4v) is 12.9. The van der Waals surface area contributed by atoms with Crippen LogP contribution in [0.5, 0.6) is 11.6 Å². The van der Waals surface area contributed by atoms with E-state index in [4.69, 9.17) is 67.2 Å². The molecule has 3 aromatic heterocycles. The fourth-order valence-electron chi connectivity index (χ4n) is 9.76. The second kappa shape index (κ2) is 30.7. The summed E-state index contributed by atoms with van der Waals surface area (Å²) in [4.78, 5) is 77.0. The van der Waals surface area contributed by atoms with E-state index in [0.717, 1.165) is 24.5 Å². The van der Waals surface area contributed by atoms with Crippen LogP contribution in [0.25, 0.3) is 11.2 Å². The van der Waals surface area contributed by atoms with Gasteiger partial charge >= 0.3 is 39.2 Å². The number of benzene rings is 1. The maximum absolute atomic E-state index is 15.9. The number of alkyl halides is 3. The number of halogens is 3. The predicted octanol–water partition coefficient (Wildman–Crippen LogP) is 6.59. The molecule has 522 valence electrons. The number of rotatable bonds is 21. The lowest BCUT2D eigenvalue weighted by Crippen LogP contribution is -2.51. The number of aliphatic hydroxyl groups excluding tert-OH is 1. The van der Waals surface area contributed by atoms with Crippen molar-refractivity contribution in [1.29, 1.82) is 0 Å². The molecule has 36 heteroatoms. The number of aliphatic hydroxyl groups is 1. The van der Waals surface area contributed by atoms with Crippen molar-refractivity contribution in [2.24, 2.45) is 11.8 Å². The van der Waals surface area contributed by atoms with Crippen molar-refractivity contribution in [2.45, 2.75) is 188 Å². The Kier molecular flexibility index (Phi) is 24.8. The lowest BCUT2D eigenvalue weighted by molar-refractivity contribution is -0.165. The minimum Gasteiger partial charge on any atom is -0.476 e. The van der Waals surface area contributed by atoms with Gasteiger partial charge in [-0.15, -0.1) is 0 Å². The maximum atomic E-state index is 15.9. The van der Waals surface area contributed by atoms with E-state index in [1.807, 2.05) is 0 Å². The number of nitrogens with two attached hydrogens (primary N) is 2. The minimum absolute atomic E-state index is 0. The summed E-state index contributed by atoms with van der Waals surface area (Å²) in [5.41, 5.74) is 4.28. The summed E-state index contributed by atoms with van der Waals surface area (Å²) in [6.07, 6.45) is -7.20. The van der Waals surface area contributed by atoms with E-state index in [1.54, 1.807) is 80.5 Å². The van der Waals surface area contributed by atoms with Gasteiger partial charge in [0, 0.05) is 18.5 Å². The Hall–Kier alpha value is -7.10. The molecule has 2 unspecified atom stereocenters. The van der Waals surface area contributed by atoms with Crippen molar-refractivity contribution in [2.75, 3.05) is 37.9 Å². The largest absolute Gasteiger partial charge is 0.476 e. The molecule has 7 N–H and O–H groups in total. The zero-order chi connectivity index (χ0) is 68.9. The molecule has 1 amide bonds. The summed E-state index contributed by atoms with van der Waals surface area (Å²) in [5, 5.41) is 15.6. The minimum atomic E-state index is -4.25. The van der Waals surface area contributed by atoms with Crippen molar-refractivity contribution in [3.8, 4) is 11.6 Å². The summed E-state index contributed by atoms with van der Waals surface area (Å²) in [5.74, 6) is -2.80. The number of para-hydroxylation sites is 1. The van der Waals surface area contributed by atoms with Crippen molar-refractivity contribution in [3.63, 3.8) is 0 Å². The smallest absolute Gasteiger partial charge is 0.475 e. The number of anilines is 2. The fraction of sp³-hybridized carbons (Fsp3) is 0.603. The molecule has 8 heterocycles. The molecule has 4 aromatic rings. The topological polar surface area (TPSA) is 391 Å². The summed E-state index contributed by atoms with van der Waals surface area (Å²) >= 11 is 0. The Bertz CT molecular complexity index is 3530. The molecular formula is C58H84F3N11O20P2. The first-order chi connectivity index (χ1) is 43.4. The van der Waals surface area contributed by atoms with Gasteiger partial charge in [0.1, 0.15) is 60.6 Å². The Morgan fingerprint density at radius 2 is 1.51 bits per heavy atom. The van der Waals surface area contributed by atoms with E-state index in [2.05, 4.69) is 36.9 Å². The molecule has 0 spiro atoms. The van der Waals surface area contributed by atoms with Gasteiger partial charge in [0.2, 0.25) is 11.8 Å². The molecule has 0 aliphatic carbocycles. The number of carbonyl (C=O) groups is 4. The number of carbonyl (C=O) groups excluding carboxylic acids is 4. The SMILES string of the molecule is C.C=C1NC(=O)C=CN1[C@@H]1O[C@H](COP(=O)(N[C@@H](C)C(=O)OC(C)C)Oc2ccccc2)[C@@H](O)[C@@]1(C)F.CC(C)C(=O)OC[C@H]1O[C@@H](n2ccc(N)nc2=O)[C@](C)(F)[C@@H]1OC(=O)C(C)C.CCOc1nc(N)nc2c1ncn2[C@@H]1O[C@@H]2COP(=O)(OC(C)C)O[C@H]2[C@@]1(C)F. The van der Waals surface area contributed by atoms with Crippen molar-refractivity contribution in [1.82, 2.24) is 44.4 Å². The predicted molar refractivity (Wildman–Crippen MR) is 329 cm³/mol. The third kappa shape index (κ3) is 17.7. The first kappa shape index (κ1) is 75.9. The van der Waals surface area contributed by atoms with Crippen LogP contribution in [0.4, 0.5) is 24.9 Å². The van der Waals surface area contributed by atoms with Gasteiger partial charge in [-0.05, 0) is 80.5 Å². The first-order valence-corrected chi connectivity index (χ1v) is 32.5. The van der Waals surface area contributed by atoms with Crippen LogP contribution in [0, 0.1) is 11.8 Å². The van der Waals surface area contributed by atoms with Gasteiger partial charge in [-0.25, -0.2) is 32.1 Å². The number of aromatic nitrogens is 6. The number of nitrogens with zero attached hydrogens (tertiary/aromatic N) is 7. The molecular weight excluding hydrogens is 1290 g/mol. The molecule has 0 saturated carbocycles. The van der Waals surface area contributed by atoms with E-state index in [9.17, 15) is 38.2 Å². The Morgan fingerprint density at radius 3 is 2.12 bits per heavy atom. The van der Waals surface area contributed by atoms with Gasteiger partial charge in [0.15, 0.2) is 53.0 Å². The molecule has 5 aliphatic rings. The lowest BCUT2D eigenvalue weighted by atomic mass is 9.98. The summed E-state index contributed by atoms with van der Waals surface area (Å²) < 4.78 is 141. The molecule has 0 bridgehead atoms. The third-order valence-electron chi connectivity index (χ3n) is 14.3. The highest BCUT2D eigenvalue weighted by Crippen LogP contribution is 2.60. The Labute approximate surface area is 540 Å². The van der Waals surface area contributed by atoms with E-state index >= 15 is 13.2 Å². The van der Waals surface area contributed by atoms with Crippen LogP contribution < -0.4 is 36.8 Å². The highest BCUT2D eigenvalue weighted by atomic mass is 31.2. The van der Waals surface area contributed by atoms with Crippen LogP contribution >= 0.6 is 15.6 Å². The number of phosphoric acid groups is 1. The third-order valence-corrected chi connectivity index (χ3v) is 17.6. The Morgan fingerprint density at radius 1 is 0.862 bits per heavy atom. The first-order valence-electron chi connectivity index (χ1n) is 29.5. The quantitative estimate of drug-likeness (QED) is 0.0334. The van der Waals surface area contributed by atoms with Crippen molar-refractivity contribution >= 4 is 62.3 Å². The van der Waals surface area contributed by atoms with E-state index in [1.165, 1.54) is 60.2 Å². The molecule has 0 radical (unpaired) electrons. The molecule has 1 aromatic carbocycles. The second-order valence-electron chi connectivity index (χ2n) is 23.6. The highest BCUT2D eigenvalue weighted by Gasteiger charge is 2.63. The molecule has 15 atom stereocenters. The monoisotopic (exact) mass is 1370 g/mol. The summed E-state index contributed by atoms with van der Waals surface area (Å²) in [6, 6.07) is 8.33. The van der Waals surface area contributed by atoms with Crippen molar-refractivity contribution < 1.29 is 102 Å². The van der Waals surface area contributed by atoms with Crippen molar-refractivity contribution in [3.05, 3.63) is 84.1 Å². The molecule has 31 nitrogen and oxygen atoms in total. The van der Waals surface area contributed by atoms with Gasteiger partial charge in [-0.2, -0.15) is 20.0 Å². The number of phosphoric ester groups is 1. The van der Waals surface area contributed by atoms with Crippen LogP contribution in [0.3, 0.4) is 0 Å². The van der Waals surface area contributed by atoms with Gasteiger partial charge in [0.05, 0.1) is 50.2 Å². The lowest BCUT2D eigenvalue weighted by Gasteiger charge is -2.35. The molecule has 5 aliphatic heterocycles. The average molecular weight is 1370 g/mol. The standard InChI is InChI=1S/C23H31FN3O8P.C18H26FN3O6.C16H23FN5O6P.CH4/c1-14(2)33-21(30)15(3)26-36(31,35-17-9-7-6-8-10-17)32-13-18-20(29)23(5,24)22(34-18)27-12-11-19(28)25-16(27)4;1-9(2)14(23)26-8-11-13(28-15(24)10(3)4)18(5,19)16(27-11)22-7-6-12(20)21-17(22)25;1-5-24-13-10-12(20-15(18)21-13)22(7-19-10)14-16(4,17)11-9(26-14)6-25-29(23,28-11)27-8(2)3;/h6-12,14-15,18,20,22,29H,4,13H2,1-3,5H3,(H,25,28)(H,26,31);6-7,9-11,13,16H,8H2,1-5H3,(H2,20,21,25);7-9,11,14H,5-6H2,1-4H3,(H2,18,20,21);1H4/t15-,18+,20+,22+,23+,36?;11-,13-,16-,18-;9-,11-,14-,16-,29?;/m011./s1. The van der Waals surface area contributed by atoms with Crippen LogP contribution in [0.2, 0.25) is 0 Å². The van der Waals surface area contributed by atoms with Gasteiger partial charge in [0.25, 0.3) is 5.91 Å².